The largest absolute Gasteiger partial charge is 0.330 e. The van der Waals surface area contributed by atoms with Crippen molar-refractivity contribution < 1.29 is 0 Å². The lowest BCUT2D eigenvalue weighted by molar-refractivity contribution is 0.293. The average molecular weight is 235 g/mol. The molecule has 0 fully saturated rings. The highest BCUT2D eigenvalue weighted by Gasteiger charge is 2.37. The van der Waals surface area contributed by atoms with Crippen LogP contribution in [0.25, 0.3) is 0 Å². The highest BCUT2D eigenvalue weighted by molar-refractivity contribution is 5.28. The highest BCUT2D eigenvalue weighted by atomic mass is 14.5. The minimum Gasteiger partial charge on any atom is -0.330 e. The van der Waals surface area contributed by atoms with Gasteiger partial charge < -0.3 is 5.73 Å². The lowest BCUT2D eigenvalue weighted by atomic mass is 9.66. The van der Waals surface area contributed by atoms with Gasteiger partial charge in [-0.25, -0.2) is 0 Å². The van der Waals surface area contributed by atoms with Crippen molar-refractivity contribution in [2.75, 3.05) is 6.54 Å². The Morgan fingerprint density at radius 3 is 2.53 bits per heavy atom. The van der Waals surface area contributed by atoms with Crippen LogP contribution in [0.4, 0.5) is 0 Å². The van der Waals surface area contributed by atoms with Crippen molar-refractivity contribution in [2.24, 2.45) is 16.6 Å². The summed E-state index contributed by atoms with van der Waals surface area (Å²) in [6.45, 7) is 12.5. The predicted octanol–water partition coefficient (Wildman–Crippen LogP) is 4.44. The number of hydrogen-bond donors (Lipinski definition) is 1. The van der Waals surface area contributed by atoms with Crippen molar-refractivity contribution >= 4 is 0 Å². The number of nitrogens with two attached hydrogens (primary N) is 1. The van der Waals surface area contributed by atoms with Crippen molar-refractivity contribution in [3.05, 3.63) is 23.3 Å². The smallest absolute Gasteiger partial charge is 0.00425 e. The molecule has 2 N–H and O–H groups in total. The van der Waals surface area contributed by atoms with Crippen LogP contribution >= 0.6 is 0 Å². The van der Waals surface area contributed by atoms with Crippen molar-refractivity contribution in [2.45, 2.75) is 60.3 Å². The van der Waals surface area contributed by atoms with E-state index in [1.54, 1.807) is 5.57 Å². The Balaban J connectivity index is 3.17. The van der Waals surface area contributed by atoms with Crippen LogP contribution in [0.3, 0.4) is 0 Å². The lowest BCUT2D eigenvalue weighted by Crippen LogP contribution is -2.28. The first-order chi connectivity index (χ1) is 7.85. The molecule has 0 aromatic carbocycles. The van der Waals surface area contributed by atoms with E-state index in [4.69, 9.17) is 5.73 Å². The van der Waals surface area contributed by atoms with E-state index in [9.17, 15) is 0 Å². The Hall–Kier alpha value is -0.560. The second-order valence-electron chi connectivity index (χ2n) is 6.42. The molecule has 1 unspecified atom stereocenters. The molecule has 0 aromatic rings. The molecule has 1 heteroatoms. The molecule has 17 heavy (non-hydrogen) atoms. The normalized spacial score (nSPS) is 31.2. The van der Waals surface area contributed by atoms with E-state index >= 15 is 0 Å². The molecule has 1 aliphatic carbocycles. The molecule has 98 valence electrons. The fourth-order valence-electron chi connectivity index (χ4n) is 3.28. The van der Waals surface area contributed by atoms with Gasteiger partial charge in [0.25, 0.3) is 0 Å². The first-order valence-corrected chi connectivity index (χ1v) is 6.92. The molecule has 1 nitrogen and oxygen atoms in total. The van der Waals surface area contributed by atoms with Crippen molar-refractivity contribution in [3.63, 3.8) is 0 Å². The van der Waals surface area contributed by atoms with Crippen LogP contribution < -0.4 is 5.73 Å². The van der Waals surface area contributed by atoms with Crippen LogP contribution in [-0.4, -0.2) is 6.54 Å². The molecule has 1 atom stereocenters. The minimum atomic E-state index is 0.275. The average Bonchev–Trinajstić information content (AvgIpc) is 2.33. The molecule has 0 aliphatic heterocycles. The molecule has 0 spiro atoms. The Bertz CT molecular complexity index is 322. The second kappa shape index (κ2) is 5.39. The van der Waals surface area contributed by atoms with Gasteiger partial charge in [-0.05, 0) is 50.0 Å². The quantitative estimate of drug-likeness (QED) is 0.719. The zero-order chi connectivity index (χ0) is 13.1. The van der Waals surface area contributed by atoms with Crippen molar-refractivity contribution in [1.29, 1.82) is 0 Å². The summed E-state index contributed by atoms with van der Waals surface area (Å²) in [5, 5.41) is 0. The zero-order valence-electron chi connectivity index (χ0n) is 12.3. The van der Waals surface area contributed by atoms with E-state index in [0.29, 0.717) is 5.41 Å². The third-order valence-corrected chi connectivity index (χ3v) is 4.30. The summed E-state index contributed by atoms with van der Waals surface area (Å²) in [6.07, 6.45) is 9.42. The van der Waals surface area contributed by atoms with Gasteiger partial charge in [0.2, 0.25) is 0 Å². The van der Waals surface area contributed by atoms with Gasteiger partial charge >= 0.3 is 0 Å². The molecule has 0 aromatic heterocycles. The summed E-state index contributed by atoms with van der Waals surface area (Å²) in [4.78, 5) is 0. The maximum atomic E-state index is 5.67. The Labute approximate surface area is 107 Å². The Kier molecular flexibility index (Phi) is 4.60. The van der Waals surface area contributed by atoms with Gasteiger partial charge in [0, 0.05) is 0 Å². The lowest BCUT2D eigenvalue weighted by Gasteiger charge is -2.39. The van der Waals surface area contributed by atoms with Gasteiger partial charge in [-0.2, -0.15) is 0 Å². The SMILES string of the molecule is CCC1(C)CC=C(C)CC(C)(C)/C1=C/CCN. The third-order valence-electron chi connectivity index (χ3n) is 4.30. The summed E-state index contributed by atoms with van der Waals surface area (Å²) in [7, 11) is 0. The first-order valence-electron chi connectivity index (χ1n) is 6.92. The zero-order valence-corrected chi connectivity index (χ0v) is 12.3. The number of hydrogen-bond acceptors (Lipinski definition) is 1. The number of allylic oxidation sites excluding steroid dienone is 3. The van der Waals surface area contributed by atoms with Gasteiger partial charge in [-0.1, -0.05) is 51.0 Å². The predicted molar refractivity (Wildman–Crippen MR) is 76.9 cm³/mol. The van der Waals surface area contributed by atoms with Crippen LogP contribution in [-0.2, 0) is 0 Å². The van der Waals surface area contributed by atoms with E-state index in [0.717, 1.165) is 13.0 Å². The molecule has 0 saturated heterocycles. The Morgan fingerprint density at radius 2 is 2.00 bits per heavy atom. The number of rotatable bonds is 3. The molecule has 0 bridgehead atoms. The molecule has 1 rings (SSSR count). The van der Waals surface area contributed by atoms with E-state index in [-0.39, 0.29) is 5.41 Å². The summed E-state index contributed by atoms with van der Waals surface area (Å²) >= 11 is 0. The Morgan fingerprint density at radius 1 is 1.35 bits per heavy atom. The molecule has 0 radical (unpaired) electrons. The van der Waals surface area contributed by atoms with Gasteiger partial charge in [0.1, 0.15) is 0 Å². The van der Waals surface area contributed by atoms with Gasteiger partial charge in [-0.3, -0.25) is 0 Å². The molecule has 1 aliphatic rings. The van der Waals surface area contributed by atoms with Crippen LogP contribution in [0.5, 0.6) is 0 Å². The van der Waals surface area contributed by atoms with Crippen LogP contribution in [0.15, 0.2) is 23.3 Å². The van der Waals surface area contributed by atoms with Crippen LogP contribution in [0, 0.1) is 10.8 Å². The minimum absolute atomic E-state index is 0.275. The maximum Gasteiger partial charge on any atom is -0.00425 e. The van der Waals surface area contributed by atoms with Gasteiger partial charge in [-0.15, -0.1) is 0 Å². The monoisotopic (exact) mass is 235 g/mol. The summed E-state index contributed by atoms with van der Waals surface area (Å²) in [5.41, 5.74) is 9.41. The fourth-order valence-corrected chi connectivity index (χ4v) is 3.28. The summed E-state index contributed by atoms with van der Waals surface area (Å²) in [5.74, 6) is 0. The second-order valence-corrected chi connectivity index (χ2v) is 6.42. The summed E-state index contributed by atoms with van der Waals surface area (Å²) in [6, 6.07) is 0. The molecular formula is C16H29N. The van der Waals surface area contributed by atoms with E-state index in [1.807, 2.05) is 0 Å². The highest BCUT2D eigenvalue weighted by Crippen LogP contribution is 2.50. The molecule has 0 amide bonds. The molecule has 0 saturated carbocycles. The topological polar surface area (TPSA) is 26.0 Å². The summed E-state index contributed by atoms with van der Waals surface area (Å²) < 4.78 is 0. The van der Waals surface area contributed by atoms with E-state index in [1.165, 1.54) is 24.8 Å². The maximum absolute atomic E-state index is 5.67. The van der Waals surface area contributed by atoms with Crippen molar-refractivity contribution in [3.8, 4) is 0 Å². The standard InChI is InChI=1S/C16H29N/c1-6-16(5)10-9-13(2)12-15(3,4)14(16)8-7-11-17/h8-9H,6-7,10-12,17H2,1-5H3/b14-8-. The van der Waals surface area contributed by atoms with Gasteiger partial charge in [0.05, 0.1) is 0 Å². The first kappa shape index (κ1) is 14.5. The fraction of sp³-hybridized carbons (Fsp3) is 0.750. The van der Waals surface area contributed by atoms with Crippen molar-refractivity contribution in [1.82, 2.24) is 0 Å². The van der Waals surface area contributed by atoms with Gasteiger partial charge in [0.15, 0.2) is 0 Å². The van der Waals surface area contributed by atoms with Crippen LogP contribution in [0.1, 0.15) is 60.3 Å². The van der Waals surface area contributed by atoms with E-state index in [2.05, 4.69) is 46.8 Å². The third kappa shape index (κ3) is 3.22. The molecule has 0 heterocycles. The molecular weight excluding hydrogens is 206 g/mol. The van der Waals surface area contributed by atoms with Crippen LogP contribution in [0.2, 0.25) is 0 Å². The van der Waals surface area contributed by atoms with E-state index < -0.39 is 0 Å².